The molecule has 2 spiro atoms. The Morgan fingerprint density at radius 1 is 0.442 bits per heavy atom. The van der Waals surface area contributed by atoms with Crippen LogP contribution in [-0.4, -0.2) is 0 Å². The molecule has 0 aromatic heterocycles. The molecule has 6 aromatic carbocycles. The summed E-state index contributed by atoms with van der Waals surface area (Å²) >= 11 is 0. The maximum atomic E-state index is 2.64. The fraction of sp³-hybridized carbons (Fsp3) is 0.294. The molecular weight excluding hydrogens is 627 g/mol. The smallest absolute Gasteiger partial charge is 0.0543 e. The predicted octanol–water partition coefficient (Wildman–Crippen LogP) is 13.4. The first-order valence-electron chi connectivity index (χ1n) is 20.2. The number of hydrogen-bond acceptors (Lipinski definition) is 1. The fourth-order valence-corrected chi connectivity index (χ4v) is 13.4. The molecule has 1 heteroatoms. The summed E-state index contributed by atoms with van der Waals surface area (Å²) in [6.07, 6.45) is 12.2. The monoisotopic (exact) mass is 671 g/mol. The van der Waals surface area contributed by atoms with E-state index in [1.54, 1.807) is 22.3 Å². The number of rotatable bonds is 4. The van der Waals surface area contributed by atoms with Gasteiger partial charge in [0.1, 0.15) is 0 Å². The van der Waals surface area contributed by atoms with Crippen LogP contribution in [0, 0.1) is 23.7 Å². The van der Waals surface area contributed by atoms with Crippen LogP contribution in [-0.2, 0) is 10.8 Å². The highest BCUT2D eigenvalue weighted by Crippen LogP contribution is 2.70. The highest BCUT2D eigenvalue weighted by atomic mass is 15.1. The van der Waals surface area contributed by atoms with Crippen molar-refractivity contribution >= 4 is 17.1 Å². The minimum Gasteiger partial charge on any atom is -0.310 e. The number of nitrogens with zero attached hydrogens (tertiary/aromatic N) is 1. The second kappa shape index (κ2) is 10.8. The Balaban J connectivity index is 1.11. The van der Waals surface area contributed by atoms with Crippen LogP contribution in [0.1, 0.15) is 80.0 Å². The summed E-state index contributed by atoms with van der Waals surface area (Å²) in [4.78, 5) is 2.64. The van der Waals surface area contributed by atoms with E-state index in [0.717, 1.165) is 23.7 Å². The highest BCUT2D eigenvalue weighted by molar-refractivity contribution is 5.96. The van der Waals surface area contributed by atoms with Crippen LogP contribution in [0.3, 0.4) is 0 Å². The molecular formula is C51H45N. The topological polar surface area (TPSA) is 3.24 Å². The van der Waals surface area contributed by atoms with Crippen molar-refractivity contribution in [3.63, 3.8) is 0 Å². The molecule has 0 saturated heterocycles. The summed E-state index contributed by atoms with van der Waals surface area (Å²) in [5, 5.41) is 0. The molecule has 1 nitrogen and oxygen atoms in total. The minimum absolute atomic E-state index is 0.120. The van der Waals surface area contributed by atoms with Gasteiger partial charge in [0.15, 0.2) is 0 Å². The zero-order chi connectivity index (χ0) is 34.0. The zero-order valence-electron chi connectivity index (χ0n) is 29.9. The average molecular weight is 672 g/mol. The van der Waals surface area contributed by atoms with E-state index < -0.39 is 0 Å². The highest BCUT2D eigenvalue weighted by Gasteiger charge is 2.62. The number of benzene rings is 6. The van der Waals surface area contributed by atoms with Crippen LogP contribution >= 0.6 is 0 Å². The molecule has 13 rings (SSSR count). The maximum Gasteiger partial charge on any atom is 0.0543 e. The van der Waals surface area contributed by atoms with Crippen LogP contribution < -0.4 is 4.90 Å². The minimum atomic E-state index is 0.120. The first-order valence-corrected chi connectivity index (χ1v) is 20.2. The van der Waals surface area contributed by atoms with Crippen molar-refractivity contribution in [1.82, 2.24) is 0 Å². The molecule has 0 aliphatic heterocycles. The lowest BCUT2D eigenvalue weighted by Gasteiger charge is -2.61. The van der Waals surface area contributed by atoms with Gasteiger partial charge in [-0.05, 0) is 149 Å². The second-order valence-electron chi connectivity index (χ2n) is 17.2. The van der Waals surface area contributed by atoms with Gasteiger partial charge in [-0.1, -0.05) is 122 Å². The Labute approximate surface area is 308 Å². The van der Waals surface area contributed by atoms with Crippen molar-refractivity contribution in [3.8, 4) is 33.4 Å². The third kappa shape index (κ3) is 3.85. The normalized spacial score (nSPS) is 26.4. The van der Waals surface area contributed by atoms with Gasteiger partial charge in [0, 0.05) is 27.8 Å². The molecule has 5 saturated carbocycles. The van der Waals surface area contributed by atoms with Gasteiger partial charge >= 0.3 is 0 Å². The first kappa shape index (κ1) is 29.7. The van der Waals surface area contributed by atoms with Gasteiger partial charge in [-0.3, -0.25) is 0 Å². The standard InChI is InChI=1S/C51H45N/c1-2-12-35(13-3-1)36-14-10-15-39(31-36)52(40-22-23-42-41-16-4-6-18-44(41)50(47(42)32-40)24-8-9-25-50)48-21-11-20-46-49(48)43-17-5-7-19-45(43)51(46)37-27-33-26-34(29-37)30-38(51)28-33/h1-7,10-23,31-34,37-38H,8-9,24-30H2. The van der Waals surface area contributed by atoms with Crippen LogP contribution in [0.4, 0.5) is 17.1 Å². The second-order valence-corrected chi connectivity index (χ2v) is 17.2. The van der Waals surface area contributed by atoms with Gasteiger partial charge in [-0.15, -0.1) is 0 Å². The average Bonchev–Trinajstić information content (AvgIpc) is 3.88. The van der Waals surface area contributed by atoms with Crippen molar-refractivity contribution in [2.45, 2.75) is 68.6 Å². The lowest BCUT2D eigenvalue weighted by molar-refractivity contribution is -0.0399. The lowest BCUT2D eigenvalue weighted by atomic mass is 9.43. The van der Waals surface area contributed by atoms with Gasteiger partial charge in [-0.2, -0.15) is 0 Å². The molecule has 0 heterocycles. The van der Waals surface area contributed by atoms with E-state index in [2.05, 4.69) is 144 Å². The van der Waals surface area contributed by atoms with E-state index in [0.29, 0.717) is 0 Å². The SMILES string of the molecule is c1ccc(-c2cccc(N(c3ccc4c(c3)C3(CCCC3)c3ccccc3-4)c3cccc4c3-c3ccccc3C43C4CC5CC(C4)CC3C5)c2)cc1. The Morgan fingerprint density at radius 2 is 1.06 bits per heavy atom. The lowest BCUT2D eigenvalue weighted by Crippen LogP contribution is -2.55. The Hall–Kier alpha value is -4.88. The fourth-order valence-electron chi connectivity index (χ4n) is 13.4. The van der Waals surface area contributed by atoms with E-state index in [1.807, 2.05) is 0 Å². The quantitative estimate of drug-likeness (QED) is 0.180. The Morgan fingerprint density at radius 3 is 1.85 bits per heavy atom. The molecule has 52 heavy (non-hydrogen) atoms. The summed E-state index contributed by atoms with van der Waals surface area (Å²) in [6, 6.07) is 54.0. The molecule has 7 aliphatic rings. The molecule has 0 N–H and O–H groups in total. The molecule has 4 bridgehead atoms. The first-order chi connectivity index (χ1) is 25.7. The molecule has 0 atom stereocenters. The largest absolute Gasteiger partial charge is 0.310 e. The summed E-state index contributed by atoms with van der Waals surface area (Å²) in [6.45, 7) is 0. The van der Waals surface area contributed by atoms with E-state index in [-0.39, 0.29) is 10.8 Å². The number of hydrogen-bond donors (Lipinski definition) is 0. The van der Waals surface area contributed by atoms with Crippen LogP contribution in [0.2, 0.25) is 0 Å². The van der Waals surface area contributed by atoms with E-state index in [9.17, 15) is 0 Å². The van der Waals surface area contributed by atoms with Crippen molar-refractivity contribution < 1.29 is 0 Å². The van der Waals surface area contributed by atoms with E-state index >= 15 is 0 Å². The third-order valence-corrected chi connectivity index (χ3v) is 15.0. The molecule has 6 aromatic rings. The molecule has 0 radical (unpaired) electrons. The van der Waals surface area contributed by atoms with Gasteiger partial charge in [0.05, 0.1) is 5.69 Å². The summed E-state index contributed by atoms with van der Waals surface area (Å²) in [5.74, 6) is 3.36. The van der Waals surface area contributed by atoms with Crippen molar-refractivity contribution in [1.29, 1.82) is 0 Å². The van der Waals surface area contributed by atoms with Gasteiger partial charge < -0.3 is 4.90 Å². The van der Waals surface area contributed by atoms with Gasteiger partial charge in [0.25, 0.3) is 0 Å². The van der Waals surface area contributed by atoms with Crippen molar-refractivity contribution in [3.05, 3.63) is 162 Å². The molecule has 0 unspecified atom stereocenters. The van der Waals surface area contributed by atoms with Crippen LogP contribution in [0.25, 0.3) is 33.4 Å². The molecule has 7 aliphatic carbocycles. The van der Waals surface area contributed by atoms with E-state index in [1.165, 1.54) is 108 Å². The van der Waals surface area contributed by atoms with Crippen LogP contribution in [0.5, 0.6) is 0 Å². The maximum absolute atomic E-state index is 2.64. The summed E-state index contributed by atoms with van der Waals surface area (Å²) in [5.41, 5.74) is 18.8. The van der Waals surface area contributed by atoms with Gasteiger partial charge in [-0.25, -0.2) is 0 Å². The molecule has 0 amide bonds. The number of fused-ring (bicyclic) bond motifs is 8. The summed E-state index contributed by atoms with van der Waals surface area (Å²) in [7, 11) is 0. The third-order valence-electron chi connectivity index (χ3n) is 15.0. The zero-order valence-corrected chi connectivity index (χ0v) is 29.9. The Bertz CT molecular complexity index is 2360. The molecule has 254 valence electrons. The van der Waals surface area contributed by atoms with Crippen molar-refractivity contribution in [2.75, 3.05) is 4.90 Å². The van der Waals surface area contributed by atoms with Crippen molar-refractivity contribution in [2.24, 2.45) is 23.7 Å². The predicted molar refractivity (Wildman–Crippen MR) is 215 cm³/mol. The Kier molecular flexibility index (Phi) is 6.18. The summed E-state index contributed by atoms with van der Waals surface area (Å²) < 4.78 is 0. The van der Waals surface area contributed by atoms with Crippen LogP contribution in [0.15, 0.2) is 140 Å². The van der Waals surface area contributed by atoms with E-state index in [4.69, 9.17) is 0 Å². The van der Waals surface area contributed by atoms with Gasteiger partial charge in [0.2, 0.25) is 0 Å². The molecule has 5 fully saturated rings. The number of anilines is 3.